The van der Waals surface area contributed by atoms with Gasteiger partial charge in [0.25, 0.3) is 5.69 Å². The van der Waals surface area contributed by atoms with Gasteiger partial charge in [-0.3, -0.25) is 19.7 Å². The Morgan fingerprint density at radius 3 is 2.24 bits per heavy atom. The minimum atomic E-state index is -1.24. The van der Waals surface area contributed by atoms with Crippen LogP contribution in [0.2, 0.25) is 0 Å². The molecule has 160 valence electrons. The summed E-state index contributed by atoms with van der Waals surface area (Å²) in [5, 5.41) is 13.4. The second-order valence-electron chi connectivity index (χ2n) is 5.85. The van der Waals surface area contributed by atoms with Crippen LogP contribution in [0.15, 0.2) is 24.3 Å². The number of amides is 1. The van der Waals surface area contributed by atoms with Gasteiger partial charge in [0.1, 0.15) is 12.6 Å². The molecule has 11 heteroatoms. The van der Waals surface area contributed by atoms with Crippen LogP contribution in [0.25, 0.3) is 0 Å². The van der Waals surface area contributed by atoms with Gasteiger partial charge in [-0.2, -0.15) is 0 Å². The van der Waals surface area contributed by atoms with Crippen molar-refractivity contribution in [3.8, 4) is 0 Å². The van der Waals surface area contributed by atoms with Crippen molar-refractivity contribution in [2.45, 2.75) is 18.4 Å². The van der Waals surface area contributed by atoms with E-state index in [0.717, 1.165) is 7.11 Å². The minimum absolute atomic E-state index is 0.157. The Kier molecular flexibility index (Phi) is 10.3. The van der Waals surface area contributed by atoms with Gasteiger partial charge in [0.2, 0.25) is 5.91 Å². The van der Waals surface area contributed by atoms with Crippen LogP contribution in [0.5, 0.6) is 0 Å². The van der Waals surface area contributed by atoms with E-state index in [9.17, 15) is 24.5 Å². The van der Waals surface area contributed by atoms with Crippen molar-refractivity contribution in [2.75, 3.05) is 41.2 Å². The quantitative estimate of drug-likeness (QED) is 0.225. The van der Waals surface area contributed by atoms with E-state index in [1.165, 1.54) is 38.5 Å². The lowest BCUT2D eigenvalue weighted by molar-refractivity contribution is -0.384. The van der Waals surface area contributed by atoms with Crippen molar-refractivity contribution in [3.63, 3.8) is 0 Å². The highest BCUT2D eigenvalue weighted by Crippen LogP contribution is 2.27. The molecule has 2 atom stereocenters. The number of non-ortho nitro benzene ring substituents is 1. The van der Waals surface area contributed by atoms with Gasteiger partial charge >= 0.3 is 11.9 Å². The summed E-state index contributed by atoms with van der Waals surface area (Å²) in [6.45, 7) is 0.143. The smallest absolute Gasteiger partial charge is 0.329 e. The SMILES string of the molecule is COCCOCC(=O)N[C@H](C(=O)OC)[C@H](CC(=O)OC)c1ccc([N+](=O)[O-])cc1. The summed E-state index contributed by atoms with van der Waals surface area (Å²) < 4.78 is 19.4. The minimum Gasteiger partial charge on any atom is -0.469 e. The Labute approximate surface area is 167 Å². The van der Waals surface area contributed by atoms with E-state index in [1.807, 2.05) is 0 Å². The van der Waals surface area contributed by atoms with Gasteiger partial charge in [0.05, 0.1) is 38.8 Å². The molecule has 0 saturated carbocycles. The van der Waals surface area contributed by atoms with E-state index in [1.54, 1.807) is 0 Å². The molecular weight excluding hydrogens is 388 g/mol. The van der Waals surface area contributed by atoms with Crippen molar-refractivity contribution in [2.24, 2.45) is 0 Å². The molecule has 0 aliphatic carbocycles. The molecule has 11 nitrogen and oxygen atoms in total. The van der Waals surface area contributed by atoms with Crippen molar-refractivity contribution >= 4 is 23.5 Å². The monoisotopic (exact) mass is 412 g/mol. The number of nitro benzene ring substituents is 1. The molecule has 29 heavy (non-hydrogen) atoms. The molecule has 1 rings (SSSR count). The van der Waals surface area contributed by atoms with E-state index in [2.05, 4.69) is 10.1 Å². The molecular formula is C18H24N2O9. The molecule has 0 fully saturated rings. The number of hydrogen-bond donors (Lipinski definition) is 1. The van der Waals surface area contributed by atoms with Gasteiger partial charge in [-0.05, 0) is 5.56 Å². The van der Waals surface area contributed by atoms with Gasteiger partial charge in [0, 0.05) is 25.2 Å². The molecule has 0 radical (unpaired) electrons. The fourth-order valence-corrected chi connectivity index (χ4v) is 2.51. The second-order valence-corrected chi connectivity index (χ2v) is 5.85. The van der Waals surface area contributed by atoms with Gasteiger partial charge in [-0.15, -0.1) is 0 Å². The second kappa shape index (κ2) is 12.4. The van der Waals surface area contributed by atoms with E-state index >= 15 is 0 Å². The predicted molar refractivity (Wildman–Crippen MR) is 99.1 cm³/mol. The highest BCUT2D eigenvalue weighted by molar-refractivity contribution is 5.86. The summed E-state index contributed by atoms with van der Waals surface area (Å²) in [6.07, 6.45) is -0.265. The highest BCUT2D eigenvalue weighted by Gasteiger charge is 2.34. The number of ether oxygens (including phenoxy) is 4. The standard InChI is InChI=1S/C18H24N2O9/c1-26-8-9-29-11-15(21)19-17(18(23)28-3)14(10-16(22)27-2)12-4-6-13(7-5-12)20(24)25/h4-7,14,17H,8-11H2,1-3H3,(H,19,21)/t14-,17+/m1/s1. The molecule has 1 aromatic carbocycles. The average molecular weight is 412 g/mol. The molecule has 0 aromatic heterocycles. The Hall–Kier alpha value is -3.05. The molecule has 1 aromatic rings. The van der Waals surface area contributed by atoms with Crippen molar-refractivity contribution in [1.29, 1.82) is 0 Å². The van der Waals surface area contributed by atoms with Crippen LogP contribution in [0.3, 0.4) is 0 Å². The third-order valence-electron chi connectivity index (χ3n) is 3.99. The topological polar surface area (TPSA) is 143 Å². The number of hydrogen-bond acceptors (Lipinski definition) is 9. The van der Waals surface area contributed by atoms with Gasteiger partial charge in [-0.25, -0.2) is 4.79 Å². The molecule has 0 aliphatic heterocycles. The zero-order valence-corrected chi connectivity index (χ0v) is 16.4. The number of benzene rings is 1. The highest BCUT2D eigenvalue weighted by atomic mass is 16.6. The van der Waals surface area contributed by atoms with Crippen molar-refractivity contribution in [1.82, 2.24) is 5.32 Å². The number of carbonyl (C=O) groups excluding carboxylic acids is 3. The third kappa shape index (κ3) is 7.84. The summed E-state index contributed by atoms with van der Waals surface area (Å²) in [7, 11) is 3.81. The number of methoxy groups -OCH3 is 3. The Bertz CT molecular complexity index is 706. The molecule has 1 N–H and O–H groups in total. The van der Waals surface area contributed by atoms with Crippen LogP contribution in [0.4, 0.5) is 5.69 Å². The summed E-state index contributed by atoms with van der Waals surface area (Å²) in [6, 6.07) is 4.05. The fourth-order valence-electron chi connectivity index (χ4n) is 2.51. The zero-order valence-electron chi connectivity index (χ0n) is 16.4. The zero-order chi connectivity index (χ0) is 21.8. The Morgan fingerprint density at radius 2 is 1.72 bits per heavy atom. The average Bonchev–Trinajstić information content (AvgIpc) is 2.72. The van der Waals surface area contributed by atoms with E-state index in [4.69, 9.17) is 14.2 Å². The summed E-state index contributed by atoms with van der Waals surface area (Å²) >= 11 is 0. The van der Waals surface area contributed by atoms with Crippen LogP contribution in [-0.2, 0) is 33.3 Å². The number of rotatable bonds is 12. The van der Waals surface area contributed by atoms with E-state index in [-0.39, 0.29) is 25.3 Å². The molecule has 0 unspecified atom stereocenters. The Morgan fingerprint density at radius 1 is 1.07 bits per heavy atom. The molecule has 0 aliphatic rings. The first-order chi connectivity index (χ1) is 13.8. The molecule has 0 saturated heterocycles. The van der Waals surface area contributed by atoms with Crippen LogP contribution >= 0.6 is 0 Å². The maximum absolute atomic E-state index is 12.3. The third-order valence-corrected chi connectivity index (χ3v) is 3.99. The Balaban J connectivity index is 3.09. The summed E-state index contributed by atoms with van der Waals surface area (Å²) in [5.41, 5.74) is 0.257. The fraction of sp³-hybridized carbons (Fsp3) is 0.500. The summed E-state index contributed by atoms with van der Waals surface area (Å²) in [4.78, 5) is 46.7. The van der Waals surface area contributed by atoms with Crippen molar-refractivity contribution in [3.05, 3.63) is 39.9 Å². The van der Waals surface area contributed by atoms with E-state index < -0.39 is 34.7 Å². The lowest BCUT2D eigenvalue weighted by Crippen LogP contribution is -2.47. The number of nitrogens with one attached hydrogen (secondary N) is 1. The van der Waals surface area contributed by atoms with Gasteiger partial charge < -0.3 is 24.3 Å². The largest absolute Gasteiger partial charge is 0.469 e. The van der Waals surface area contributed by atoms with Crippen LogP contribution < -0.4 is 5.32 Å². The number of esters is 2. The predicted octanol–water partition coefficient (Wildman–Crippen LogP) is 0.562. The van der Waals surface area contributed by atoms with Gasteiger partial charge in [0.15, 0.2) is 0 Å². The normalized spacial score (nSPS) is 12.5. The van der Waals surface area contributed by atoms with Crippen LogP contribution in [-0.4, -0.2) is 70.0 Å². The van der Waals surface area contributed by atoms with E-state index in [0.29, 0.717) is 12.2 Å². The van der Waals surface area contributed by atoms with Crippen LogP contribution in [0, 0.1) is 10.1 Å². The number of nitro groups is 1. The maximum Gasteiger partial charge on any atom is 0.329 e. The molecule has 0 bridgehead atoms. The first kappa shape index (κ1) is 24.0. The molecule has 0 heterocycles. The first-order valence-electron chi connectivity index (χ1n) is 8.59. The van der Waals surface area contributed by atoms with Crippen LogP contribution in [0.1, 0.15) is 17.9 Å². The number of nitrogens with zero attached hydrogens (tertiary/aromatic N) is 1. The lowest BCUT2D eigenvalue weighted by atomic mass is 9.88. The lowest BCUT2D eigenvalue weighted by Gasteiger charge is -2.25. The van der Waals surface area contributed by atoms with Gasteiger partial charge in [-0.1, -0.05) is 12.1 Å². The molecule has 0 spiro atoms. The first-order valence-corrected chi connectivity index (χ1v) is 8.59. The number of carbonyl (C=O) groups is 3. The summed E-state index contributed by atoms with van der Waals surface area (Å²) in [5.74, 6) is -2.90. The maximum atomic E-state index is 12.3. The van der Waals surface area contributed by atoms with Crippen molar-refractivity contribution < 1.29 is 38.3 Å². The molecule has 1 amide bonds.